The second-order valence-electron chi connectivity index (χ2n) is 13.7. The number of nitrogens with two attached hydrogens (primary N) is 3. The van der Waals surface area contributed by atoms with E-state index < -0.39 is 122 Å². The van der Waals surface area contributed by atoms with E-state index in [1.807, 2.05) is 0 Å². The van der Waals surface area contributed by atoms with Crippen LogP contribution in [0.25, 0.3) is 22.3 Å². The van der Waals surface area contributed by atoms with Crippen molar-refractivity contribution >= 4 is 112 Å². The third kappa shape index (κ3) is 24.7. The molecule has 0 aromatic carbocycles. The number of aromatic nitrogens is 8. The van der Waals surface area contributed by atoms with Crippen LogP contribution in [0.4, 0.5) is 11.9 Å². The topological polar surface area (TPSA) is 625 Å². The molecular weight excluding hydrogens is 1280 g/mol. The van der Waals surface area contributed by atoms with Crippen molar-refractivity contribution in [3.8, 4) is 0 Å². The first-order valence-electron chi connectivity index (χ1n) is 18.4. The van der Waals surface area contributed by atoms with Gasteiger partial charge in [0.1, 0.15) is 65.6 Å². The Hall–Kier alpha value is 3.15. The number of phosphoric acid groups is 6. The Morgan fingerprint density at radius 1 is 0.662 bits per heavy atom. The molecular formula is C24H34N12Na6O27P6S2. The minimum absolute atomic E-state index is 0. The Bertz CT molecular complexity index is 3040. The first-order valence-corrected chi connectivity index (χ1v) is 28.1. The van der Waals surface area contributed by atoms with E-state index in [0.717, 1.165) is 0 Å². The molecule has 6 heterocycles. The molecule has 4 aromatic rings. The van der Waals surface area contributed by atoms with E-state index in [1.165, 1.54) is 21.8 Å². The number of fused-ring (bicyclic) bond motifs is 2. The average molecular weight is 1310 g/mol. The van der Waals surface area contributed by atoms with Crippen LogP contribution in [0.1, 0.15) is 12.5 Å². The summed E-state index contributed by atoms with van der Waals surface area (Å²) in [6.07, 6.45) is -9.93. The standard InChI is InChI=1S/C14H24N7O14P3S.C10H16N5O13P3S.6Na/c15-1-2-17-7(22)4-31-10-9(23)6(3-32-37(27,28)35-38(29,30)34-36(24,25)26)33-13(10)21-5-18-8-11(21)19-14(16)20-12(8)39;11-10-13-7-4(8(32)14-10)12-2-15(7)9-6(17)5(16)3(26-9)1-25-30(21,22)28-31(23,24)27-29(18,19)20;;;;;;/h5-6,9-10,13,23H,1-4,15H2,(H,17,22)(H,27,28)(H,29,30)(H2,24,25,26)(H3,16,19,20,39);2-3,5-6,9,16-17H,1H2,(H,21,22)(H,23,24)(H2,18,19,20)(H3,11,13,14,32);;;;;;/q;;6*+1/p-6/t6-,9+,10?,13-;3-,5+,6?,9-;;;;;;/m11....../s1. The largest absolute Gasteiger partial charge is 1.00 e. The van der Waals surface area contributed by atoms with Gasteiger partial charge in [-0.3, -0.25) is 41.3 Å². The number of aromatic amines is 2. The minimum Gasteiger partial charge on any atom is -0.756 e. The number of aliphatic hydroxyl groups excluding tert-OH is 3. The molecule has 400 valence electrons. The number of imidazole rings is 2. The van der Waals surface area contributed by atoms with Gasteiger partial charge in [0.05, 0.1) is 25.9 Å². The van der Waals surface area contributed by atoms with Gasteiger partial charge in [-0.25, -0.2) is 37.2 Å². The molecule has 2 aliphatic rings. The number of aliphatic hydroxyl groups is 3. The summed E-state index contributed by atoms with van der Waals surface area (Å²) in [5.74, 6) is -0.806. The van der Waals surface area contributed by atoms with Crippen LogP contribution in [-0.4, -0.2) is 140 Å². The van der Waals surface area contributed by atoms with E-state index in [0.29, 0.717) is 0 Å². The maximum Gasteiger partial charge on any atom is 1.00 e. The summed E-state index contributed by atoms with van der Waals surface area (Å²) >= 11 is 10.1. The van der Waals surface area contributed by atoms with E-state index in [-0.39, 0.29) is 234 Å². The van der Waals surface area contributed by atoms with E-state index in [9.17, 15) is 76.9 Å². The van der Waals surface area contributed by atoms with Crippen molar-refractivity contribution < 1.29 is 304 Å². The zero-order valence-corrected chi connectivity index (χ0v) is 59.4. The van der Waals surface area contributed by atoms with Gasteiger partial charge in [0.2, 0.25) is 5.91 Å². The monoisotopic (exact) mass is 1310 g/mol. The van der Waals surface area contributed by atoms with Gasteiger partial charge in [0, 0.05) is 13.1 Å². The van der Waals surface area contributed by atoms with Crippen molar-refractivity contribution in [2.75, 3.05) is 44.4 Å². The fourth-order valence-corrected chi connectivity index (χ4v) is 12.3. The summed E-state index contributed by atoms with van der Waals surface area (Å²) in [7, 11) is -35.7. The number of nitrogens with zero attached hydrogens (tertiary/aromatic N) is 6. The molecule has 6 rings (SSSR count). The molecule has 2 saturated heterocycles. The van der Waals surface area contributed by atoms with Crippen LogP contribution >= 0.6 is 71.4 Å². The number of rotatable bonds is 21. The SMILES string of the molecule is NCCNC(=O)COC1[C@@H](O)[C@@H](COP(=O)([O-])OP(=O)([O-])OP(=O)([O-])O)O[C@H]1n1cnc2c(=S)nc(N)[nH]c21.Nc1nc(=S)c2ncn([C@@H]3O[C@H](COP(=O)([O-])OP(=O)([O-])OP(=O)([O-])O)[C@H](O)C3O)c2[nH]1.[Na+].[Na+].[Na+].[Na+].[Na+].[Na+]. The molecule has 8 unspecified atom stereocenters. The van der Waals surface area contributed by atoms with Crippen molar-refractivity contribution in [3.05, 3.63) is 21.9 Å². The number of nitrogen functional groups attached to an aromatic ring is 2. The van der Waals surface area contributed by atoms with E-state index >= 15 is 0 Å². The third-order valence-corrected chi connectivity index (χ3v) is 16.6. The second kappa shape index (κ2) is 34.1. The van der Waals surface area contributed by atoms with E-state index in [1.54, 1.807) is 0 Å². The van der Waals surface area contributed by atoms with Crippen LogP contribution in [0.15, 0.2) is 12.7 Å². The number of carbonyl (C=O) groups excluding carboxylic acids is 1. The van der Waals surface area contributed by atoms with Gasteiger partial charge in [0.15, 0.2) is 33.6 Å². The fraction of sp³-hybridized carbons (Fsp3) is 0.542. The van der Waals surface area contributed by atoms with Crippen molar-refractivity contribution in [2.45, 2.75) is 49.1 Å². The Morgan fingerprint density at radius 2 is 1.05 bits per heavy atom. The summed E-state index contributed by atoms with van der Waals surface area (Å²) in [5, 5.41) is 33.7. The summed E-state index contributed by atoms with van der Waals surface area (Å²) in [5.41, 5.74) is 17.3. The smallest absolute Gasteiger partial charge is 0.756 e. The number of carbonyl (C=O) groups is 1. The summed E-state index contributed by atoms with van der Waals surface area (Å²) in [6.45, 7) is -2.50. The summed E-state index contributed by atoms with van der Waals surface area (Å²) in [4.78, 5) is 117. The predicted octanol–water partition coefficient (Wildman–Crippen LogP) is -24.6. The third-order valence-electron chi connectivity index (χ3n) is 8.60. The molecule has 2 aliphatic heterocycles. The van der Waals surface area contributed by atoms with Crippen LogP contribution in [-0.2, 0) is 72.7 Å². The van der Waals surface area contributed by atoms with Gasteiger partial charge in [-0.05, 0) is 0 Å². The van der Waals surface area contributed by atoms with Crippen LogP contribution in [0.3, 0.4) is 0 Å². The molecule has 2 fully saturated rings. The minimum atomic E-state index is -6.15. The van der Waals surface area contributed by atoms with Gasteiger partial charge >= 0.3 is 177 Å². The average Bonchev–Trinajstić information content (AvgIpc) is 3.96. The molecule has 0 saturated carbocycles. The van der Waals surface area contributed by atoms with Gasteiger partial charge in [-0.15, -0.1) is 0 Å². The number of hydrogen-bond donors (Lipinski definition) is 11. The first kappa shape index (κ1) is 82.2. The molecule has 0 spiro atoms. The Balaban J connectivity index is 0. The molecule has 39 nitrogen and oxygen atoms in total. The molecule has 14 N–H and O–H groups in total. The summed E-state index contributed by atoms with van der Waals surface area (Å²) in [6, 6.07) is 0. The molecule has 4 aromatic heterocycles. The van der Waals surface area contributed by atoms with Crippen molar-refractivity contribution in [1.82, 2.24) is 44.4 Å². The first-order chi connectivity index (χ1) is 32.6. The van der Waals surface area contributed by atoms with Crippen LogP contribution < -0.4 is 229 Å². The quantitative estimate of drug-likeness (QED) is 0.0210. The van der Waals surface area contributed by atoms with Crippen molar-refractivity contribution in [1.29, 1.82) is 0 Å². The molecule has 77 heavy (non-hydrogen) atoms. The zero-order valence-electron chi connectivity index (χ0n) is 40.4. The Kier molecular flexibility index (Phi) is 36.4. The number of hydrogen-bond acceptors (Lipinski definition) is 34. The molecule has 53 heteroatoms. The Labute approximate surface area is 573 Å². The number of phosphoric ester groups is 2. The molecule has 0 aliphatic carbocycles. The number of anilines is 2. The van der Waals surface area contributed by atoms with E-state index in [2.05, 4.69) is 61.5 Å². The van der Waals surface area contributed by atoms with E-state index in [4.69, 9.17) is 65.6 Å². The second-order valence-corrected chi connectivity index (χ2v) is 23.1. The van der Waals surface area contributed by atoms with Gasteiger partial charge < -0.3 is 110 Å². The molecule has 14 atom stereocenters. The number of ether oxygens (including phenoxy) is 3. The number of H-pyrrole nitrogens is 2. The number of amides is 1. The molecule has 1 amide bonds. The predicted molar refractivity (Wildman–Crippen MR) is 218 cm³/mol. The molecule has 0 bridgehead atoms. The Morgan fingerprint density at radius 3 is 1.45 bits per heavy atom. The fourth-order valence-electron chi connectivity index (χ4n) is 5.99. The van der Waals surface area contributed by atoms with Crippen LogP contribution in [0, 0.1) is 9.28 Å². The maximum absolute atomic E-state index is 12.0. The number of nitrogens with one attached hydrogen (secondary N) is 3. The van der Waals surface area contributed by atoms with Crippen LogP contribution in [0.2, 0.25) is 0 Å². The summed E-state index contributed by atoms with van der Waals surface area (Å²) < 4.78 is 108. The van der Waals surface area contributed by atoms with Crippen molar-refractivity contribution in [3.63, 3.8) is 0 Å². The van der Waals surface area contributed by atoms with Gasteiger partial charge in [-0.1, -0.05) is 24.4 Å². The van der Waals surface area contributed by atoms with Gasteiger partial charge in [-0.2, -0.15) is 0 Å². The maximum atomic E-state index is 12.0. The zero-order chi connectivity index (χ0) is 53.2. The normalized spacial score (nSPS) is 25.5. The van der Waals surface area contributed by atoms with Crippen LogP contribution in [0.5, 0.6) is 0 Å². The van der Waals surface area contributed by atoms with Gasteiger partial charge in [0.25, 0.3) is 46.9 Å². The molecule has 0 radical (unpaired) electrons. The van der Waals surface area contributed by atoms with Crippen molar-refractivity contribution in [2.24, 2.45) is 5.73 Å².